The van der Waals surface area contributed by atoms with Crippen LogP contribution in [0.4, 0.5) is 0 Å². The first kappa shape index (κ1) is 13.5. The van der Waals surface area contributed by atoms with Crippen LogP contribution in [0.2, 0.25) is 5.02 Å². The van der Waals surface area contributed by atoms with Crippen molar-refractivity contribution in [3.05, 3.63) is 46.6 Å². The zero-order chi connectivity index (χ0) is 13.8. The molecule has 1 aliphatic rings. The van der Waals surface area contributed by atoms with Crippen molar-refractivity contribution < 1.29 is 9.26 Å². The normalized spacial score (nSPS) is 19.1. The predicted molar refractivity (Wildman–Crippen MR) is 74.9 cm³/mol. The van der Waals surface area contributed by atoms with Crippen LogP contribution in [0, 0.1) is 0 Å². The Morgan fingerprint density at radius 1 is 1.30 bits per heavy atom. The van der Waals surface area contributed by atoms with E-state index in [0.29, 0.717) is 24.6 Å². The molecule has 0 amide bonds. The number of aromatic nitrogens is 2. The zero-order valence-electron chi connectivity index (χ0n) is 11.0. The summed E-state index contributed by atoms with van der Waals surface area (Å²) in [5, 5.41) is 8.01. The standard InChI is InChI=1S/C14H16ClN3O2/c15-11-3-1-10(2-4-11)7-13-17-14(20-18-13)8-12-9-16-5-6-19-12/h1-4,12,16H,5-9H2. The van der Waals surface area contributed by atoms with Crippen LogP contribution in [0.5, 0.6) is 0 Å². The van der Waals surface area contributed by atoms with Crippen LogP contribution in [-0.2, 0) is 17.6 Å². The van der Waals surface area contributed by atoms with Crippen molar-refractivity contribution in [2.45, 2.75) is 18.9 Å². The van der Waals surface area contributed by atoms with Crippen molar-refractivity contribution in [1.82, 2.24) is 15.5 Å². The summed E-state index contributed by atoms with van der Waals surface area (Å²) in [7, 11) is 0. The molecule has 3 rings (SSSR count). The fraction of sp³-hybridized carbons (Fsp3) is 0.429. The van der Waals surface area contributed by atoms with Gasteiger partial charge in [0.25, 0.3) is 0 Å². The fourth-order valence-corrected chi connectivity index (χ4v) is 2.30. The molecular weight excluding hydrogens is 278 g/mol. The second-order valence-electron chi connectivity index (χ2n) is 4.81. The Kier molecular flexibility index (Phi) is 4.30. The topological polar surface area (TPSA) is 60.2 Å². The number of nitrogens with one attached hydrogen (secondary N) is 1. The van der Waals surface area contributed by atoms with E-state index >= 15 is 0 Å². The highest BCUT2D eigenvalue weighted by Crippen LogP contribution is 2.13. The molecule has 1 atom stereocenters. The highest BCUT2D eigenvalue weighted by Gasteiger charge is 2.17. The quantitative estimate of drug-likeness (QED) is 0.932. The average Bonchev–Trinajstić information content (AvgIpc) is 2.90. The van der Waals surface area contributed by atoms with Crippen LogP contribution >= 0.6 is 11.6 Å². The molecule has 2 heterocycles. The molecule has 1 saturated heterocycles. The molecule has 1 aromatic heterocycles. The van der Waals surface area contributed by atoms with E-state index in [2.05, 4.69) is 15.5 Å². The van der Waals surface area contributed by atoms with Crippen molar-refractivity contribution in [2.75, 3.05) is 19.7 Å². The Bertz CT molecular complexity index is 550. The Hall–Kier alpha value is -1.43. The van der Waals surface area contributed by atoms with E-state index in [0.717, 1.165) is 30.3 Å². The van der Waals surface area contributed by atoms with Crippen molar-refractivity contribution in [1.29, 1.82) is 0 Å². The monoisotopic (exact) mass is 293 g/mol. The maximum Gasteiger partial charge on any atom is 0.229 e. The molecule has 0 saturated carbocycles. The van der Waals surface area contributed by atoms with Crippen molar-refractivity contribution in [3.8, 4) is 0 Å². The van der Waals surface area contributed by atoms with E-state index in [1.54, 1.807) is 0 Å². The van der Waals surface area contributed by atoms with Crippen LogP contribution in [0.1, 0.15) is 17.3 Å². The largest absolute Gasteiger partial charge is 0.375 e. The van der Waals surface area contributed by atoms with Crippen molar-refractivity contribution in [3.63, 3.8) is 0 Å². The van der Waals surface area contributed by atoms with Gasteiger partial charge in [0, 0.05) is 24.5 Å². The summed E-state index contributed by atoms with van der Waals surface area (Å²) < 4.78 is 10.9. The third-order valence-electron chi connectivity index (χ3n) is 3.19. The molecule has 1 aromatic carbocycles. The van der Waals surface area contributed by atoms with Gasteiger partial charge in [-0.3, -0.25) is 0 Å². The summed E-state index contributed by atoms with van der Waals surface area (Å²) >= 11 is 5.86. The Morgan fingerprint density at radius 3 is 2.90 bits per heavy atom. The molecule has 5 nitrogen and oxygen atoms in total. The van der Waals surface area contributed by atoms with Crippen LogP contribution < -0.4 is 5.32 Å². The summed E-state index contributed by atoms with van der Waals surface area (Å²) in [6.07, 6.45) is 1.41. The van der Waals surface area contributed by atoms with Crippen LogP contribution in [0.25, 0.3) is 0 Å². The third kappa shape index (κ3) is 3.56. The number of morpholine rings is 1. The smallest absolute Gasteiger partial charge is 0.229 e. The molecule has 1 N–H and O–H groups in total. The minimum absolute atomic E-state index is 0.118. The number of nitrogens with zero attached hydrogens (tertiary/aromatic N) is 2. The number of benzene rings is 1. The van der Waals surface area contributed by atoms with Gasteiger partial charge in [0.2, 0.25) is 5.89 Å². The van der Waals surface area contributed by atoms with Gasteiger partial charge < -0.3 is 14.6 Å². The van der Waals surface area contributed by atoms with Crippen molar-refractivity contribution >= 4 is 11.6 Å². The average molecular weight is 294 g/mol. The van der Waals surface area contributed by atoms with Gasteiger partial charge in [0.05, 0.1) is 19.1 Å². The molecule has 1 aliphatic heterocycles. The minimum Gasteiger partial charge on any atom is -0.375 e. The van der Waals surface area contributed by atoms with Gasteiger partial charge in [-0.05, 0) is 17.7 Å². The second kappa shape index (κ2) is 6.35. The molecule has 1 unspecified atom stereocenters. The lowest BCUT2D eigenvalue weighted by molar-refractivity contribution is 0.0246. The number of rotatable bonds is 4. The summed E-state index contributed by atoms with van der Waals surface area (Å²) in [5.41, 5.74) is 1.11. The lowest BCUT2D eigenvalue weighted by Gasteiger charge is -2.21. The zero-order valence-corrected chi connectivity index (χ0v) is 11.8. The van der Waals surface area contributed by atoms with E-state index in [1.807, 2.05) is 24.3 Å². The Balaban J connectivity index is 1.60. The highest BCUT2D eigenvalue weighted by molar-refractivity contribution is 6.30. The number of halogens is 1. The van der Waals surface area contributed by atoms with Gasteiger partial charge >= 0.3 is 0 Å². The lowest BCUT2D eigenvalue weighted by atomic mass is 10.1. The molecule has 0 spiro atoms. The Morgan fingerprint density at radius 2 is 2.15 bits per heavy atom. The van der Waals surface area contributed by atoms with E-state index in [-0.39, 0.29) is 6.10 Å². The van der Waals surface area contributed by atoms with E-state index in [4.69, 9.17) is 20.9 Å². The molecule has 6 heteroatoms. The van der Waals surface area contributed by atoms with Crippen LogP contribution in [0.3, 0.4) is 0 Å². The second-order valence-corrected chi connectivity index (χ2v) is 5.25. The first-order valence-corrected chi connectivity index (χ1v) is 7.05. The molecule has 0 aliphatic carbocycles. The van der Waals surface area contributed by atoms with Gasteiger partial charge in [0.1, 0.15) is 0 Å². The molecule has 20 heavy (non-hydrogen) atoms. The Labute approximate surface area is 122 Å². The van der Waals surface area contributed by atoms with Gasteiger partial charge in [-0.1, -0.05) is 28.9 Å². The summed E-state index contributed by atoms with van der Waals surface area (Å²) in [4.78, 5) is 4.40. The van der Waals surface area contributed by atoms with E-state index in [1.165, 1.54) is 0 Å². The third-order valence-corrected chi connectivity index (χ3v) is 3.44. The predicted octanol–water partition coefficient (Wildman–Crippen LogP) is 1.84. The molecule has 0 radical (unpaired) electrons. The van der Waals surface area contributed by atoms with Gasteiger partial charge in [0.15, 0.2) is 5.82 Å². The van der Waals surface area contributed by atoms with Gasteiger partial charge in [-0.2, -0.15) is 4.98 Å². The van der Waals surface area contributed by atoms with Crippen molar-refractivity contribution in [2.24, 2.45) is 0 Å². The maximum atomic E-state index is 5.86. The summed E-state index contributed by atoms with van der Waals surface area (Å²) in [5.74, 6) is 1.31. The number of hydrogen-bond acceptors (Lipinski definition) is 5. The fourth-order valence-electron chi connectivity index (χ4n) is 2.18. The maximum absolute atomic E-state index is 5.86. The molecule has 106 valence electrons. The SMILES string of the molecule is Clc1ccc(Cc2noc(CC3CNCCO3)n2)cc1. The summed E-state index contributed by atoms with van der Waals surface area (Å²) in [6, 6.07) is 7.65. The summed E-state index contributed by atoms with van der Waals surface area (Å²) in [6.45, 7) is 2.47. The van der Waals surface area contributed by atoms with Gasteiger partial charge in [-0.25, -0.2) is 0 Å². The van der Waals surface area contributed by atoms with Crippen LogP contribution in [0.15, 0.2) is 28.8 Å². The minimum atomic E-state index is 0.118. The first-order chi connectivity index (χ1) is 9.79. The first-order valence-electron chi connectivity index (χ1n) is 6.68. The molecule has 1 fully saturated rings. The number of ether oxygens (including phenoxy) is 1. The molecule has 0 bridgehead atoms. The lowest BCUT2D eigenvalue weighted by Crippen LogP contribution is -2.39. The highest BCUT2D eigenvalue weighted by atomic mass is 35.5. The molecular formula is C14H16ClN3O2. The number of hydrogen-bond donors (Lipinski definition) is 1. The molecule has 2 aromatic rings. The van der Waals surface area contributed by atoms with E-state index < -0.39 is 0 Å². The van der Waals surface area contributed by atoms with E-state index in [9.17, 15) is 0 Å². The van der Waals surface area contributed by atoms with Crippen LogP contribution in [-0.4, -0.2) is 35.9 Å². The van der Waals surface area contributed by atoms with Gasteiger partial charge in [-0.15, -0.1) is 0 Å².